The number of hydrogen-bond acceptors (Lipinski definition) is 3. The van der Waals surface area contributed by atoms with Gasteiger partial charge in [0.05, 0.1) is 6.10 Å². The zero-order valence-electron chi connectivity index (χ0n) is 9.12. The Kier molecular flexibility index (Phi) is 3.64. The summed E-state index contributed by atoms with van der Waals surface area (Å²) in [6.07, 6.45) is -0.632. The molecule has 0 N–H and O–H groups in total. The van der Waals surface area contributed by atoms with Gasteiger partial charge in [-0.15, -0.1) is 0 Å². The molecule has 0 bridgehead atoms. The molecule has 0 saturated heterocycles. The molecule has 3 nitrogen and oxygen atoms in total. The summed E-state index contributed by atoms with van der Waals surface area (Å²) in [7, 11) is -4.26. The van der Waals surface area contributed by atoms with Crippen LogP contribution in [0.3, 0.4) is 0 Å². The average Bonchev–Trinajstić information content (AvgIpc) is 2.09. The third-order valence-electron chi connectivity index (χ3n) is 1.86. The minimum absolute atomic E-state index is 0.277. The van der Waals surface area contributed by atoms with Crippen molar-refractivity contribution in [3.8, 4) is 0 Å². The van der Waals surface area contributed by atoms with E-state index in [-0.39, 0.29) is 5.56 Å². The lowest BCUT2D eigenvalue weighted by molar-refractivity contribution is 0.247. The van der Waals surface area contributed by atoms with E-state index in [1.54, 1.807) is 0 Å². The molecule has 0 spiro atoms. The minimum Gasteiger partial charge on any atom is -0.264 e. The van der Waals surface area contributed by atoms with Gasteiger partial charge in [-0.3, -0.25) is 4.18 Å². The molecule has 0 aliphatic carbocycles. The van der Waals surface area contributed by atoms with Crippen molar-refractivity contribution in [2.24, 2.45) is 0 Å². The molecule has 1 aromatic rings. The summed E-state index contributed by atoms with van der Waals surface area (Å²) >= 11 is 0. The molecule has 0 amide bonds. The van der Waals surface area contributed by atoms with Gasteiger partial charge in [0, 0.05) is 5.56 Å². The molecule has 0 unspecified atom stereocenters. The number of rotatable bonds is 3. The van der Waals surface area contributed by atoms with Crippen LogP contribution >= 0.6 is 0 Å². The van der Waals surface area contributed by atoms with Crippen molar-refractivity contribution in [2.45, 2.75) is 31.8 Å². The SMILES string of the molecule is Cc1c(F)ccc(F)c1S(=O)(=O)OC(C)C. The molecule has 1 rings (SSSR count). The van der Waals surface area contributed by atoms with E-state index in [2.05, 4.69) is 4.18 Å². The first kappa shape index (κ1) is 13.1. The van der Waals surface area contributed by atoms with Crippen LogP contribution in [-0.2, 0) is 14.3 Å². The lowest BCUT2D eigenvalue weighted by atomic mass is 10.2. The number of hydrogen-bond donors (Lipinski definition) is 0. The van der Waals surface area contributed by atoms with Gasteiger partial charge in [0.15, 0.2) is 0 Å². The second-order valence-corrected chi connectivity index (χ2v) is 5.09. The summed E-state index contributed by atoms with van der Waals surface area (Å²) < 4.78 is 54.3. The fourth-order valence-corrected chi connectivity index (χ4v) is 2.63. The maximum atomic E-state index is 13.4. The molecule has 1 aromatic carbocycles. The van der Waals surface area contributed by atoms with Crippen molar-refractivity contribution < 1.29 is 21.4 Å². The Balaban J connectivity index is 3.38. The van der Waals surface area contributed by atoms with E-state index in [0.717, 1.165) is 12.1 Å². The summed E-state index contributed by atoms with van der Waals surface area (Å²) in [5.74, 6) is -1.80. The minimum atomic E-state index is -4.26. The summed E-state index contributed by atoms with van der Waals surface area (Å²) in [5, 5.41) is 0. The molecular weight excluding hydrogens is 238 g/mol. The van der Waals surface area contributed by atoms with Crippen LogP contribution in [0.5, 0.6) is 0 Å². The zero-order valence-corrected chi connectivity index (χ0v) is 9.94. The van der Waals surface area contributed by atoms with Gasteiger partial charge in [0.25, 0.3) is 0 Å². The highest BCUT2D eigenvalue weighted by molar-refractivity contribution is 7.86. The van der Waals surface area contributed by atoms with Crippen LogP contribution in [0.4, 0.5) is 8.78 Å². The predicted molar refractivity (Wildman–Crippen MR) is 54.5 cm³/mol. The first-order valence-corrected chi connectivity index (χ1v) is 6.04. The summed E-state index contributed by atoms with van der Waals surface area (Å²) in [6, 6.07) is 1.64. The molecule has 0 fully saturated rings. The van der Waals surface area contributed by atoms with E-state index in [0.29, 0.717) is 0 Å². The summed E-state index contributed by atoms with van der Waals surface area (Å²) in [5.41, 5.74) is -0.277. The smallest absolute Gasteiger partial charge is 0.264 e. The Morgan fingerprint density at radius 3 is 2.19 bits per heavy atom. The number of halogens is 2. The zero-order chi connectivity index (χ0) is 12.5. The van der Waals surface area contributed by atoms with Gasteiger partial charge in [0.2, 0.25) is 0 Å². The van der Waals surface area contributed by atoms with Gasteiger partial charge in [0.1, 0.15) is 16.5 Å². The lowest BCUT2D eigenvalue weighted by Gasteiger charge is -2.11. The Morgan fingerprint density at radius 2 is 1.69 bits per heavy atom. The van der Waals surface area contributed by atoms with Crippen molar-refractivity contribution in [1.82, 2.24) is 0 Å². The Labute approximate surface area is 93.2 Å². The third kappa shape index (κ3) is 2.56. The Morgan fingerprint density at radius 1 is 1.19 bits per heavy atom. The second kappa shape index (κ2) is 4.47. The van der Waals surface area contributed by atoms with Gasteiger partial charge in [-0.05, 0) is 32.9 Å². The summed E-state index contributed by atoms with van der Waals surface area (Å²) in [4.78, 5) is -0.735. The molecule has 0 aromatic heterocycles. The highest BCUT2D eigenvalue weighted by atomic mass is 32.2. The molecule has 0 heterocycles. The van der Waals surface area contributed by atoms with Gasteiger partial charge < -0.3 is 0 Å². The largest absolute Gasteiger partial charge is 0.300 e. The van der Waals surface area contributed by atoms with E-state index in [4.69, 9.17) is 0 Å². The molecule has 6 heteroatoms. The van der Waals surface area contributed by atoms with Gasteiger partial charge in [-0.1, -0.05) is 0 Å². The molecular formula is C10H12F2O3S. The van der Waals surface area contributed by atoms with Crippen LogP contribution in [-0.4, -0.2) is 14.5 Å². The molecule has 0 aliphatic rings. The maximum absolute atomic E-state index is 13.4. The standard InChI is InChI=1S/C10H12F2O3S/c1-6(2)15-16(13,14)10-7(3)8(11)4-5-9(10)12/h4-6H,1-3H3. The van der Waals surface area contributed by atoms with E-state index in [1.165, 1.54) is 20.8 Å². The first-order chi connectivity index (χ1) is 7.25. The van der Waals surface area contributed by atoms with Gasteiger partial charge >= 0.3 is 10.1 Å². The average molecular weight is 250 g/mol. The molecule has 0 aliphatic heterocycles. The lowest BCUT2D eigenvalue weighted by Crippen LogP contribution is -2.15. The van der Waals surface area contributed by atoms with Crippen molar-refractivity contribution in [3.63, 3.8) is 0 Å². The van der Waals surface area contributed by atoms with Crippen molar-refractivity contribution in [2.75, 3.05) is 0 Å². The van der Waals surface area contributed by atoms with Gasteiger partial charge in [-0.25, -0.2) is 8.78 Å². The maximum Gasteiger partial charge on any atom is 0.300 e. The fourth-order valence-electron chi connectivity index (χ4n) is 1.24. The summed E-state index contributed by atoms with van der Waals surface area (Å²) in [6.45, 7) is 4.17. The quantitative estimate of drug-likeness (QED) is 0.774. The highest BCUT2D eigenvalue weighted by Crippen LogP contribution is 2.24. The van der Waals surface area contributed by atoms with Crippen LogP contribution in [0, 0.1) is 18.6 Å². The van der Waals surface area contributed by atoms with E-state index < -0.39 is 32.8 Å². The van der Waals surface area contributed by atoms with Crippen molar-refractivity contribution in [1.29, 1.82) is 0 Å². The van der Waals surface area contributed by atoms with Crippen LogP contribution in [0.25, 0.3) is 0 Å². The Hall–Kier alpha value is -1.01. The van der Waals surface area contributed by atoms with Gasteiger partial charge in [-0.2, -0.15) is 8.42 Å². The molecule has 90 valence electrons. The van der Waals surface area contributed by atoms with Crippen molar-refractivity contribution in [3.05, 3.63) is 29.3 Å². The molecule has 0 radical (unpaired) electrons. The third-order valence-corrected chi connectivity index (χ3v) is 3.50. The van der Waals surface area contributed by atoms with E-state index in [9.17, 15) is 17.2 Å². The van der Waals surface area contributed by atoms with Crippen LogP contribution in [0.1, 0.15) is 19.4 Å². The molecule has 16 heavy (non-hydrogen) atoms. The topological polar surface area (TPSA) is 43.4 Å². The fraction of sp³-hybridized carbons (Fsp3) is 0.400. The molecule has 0 atom stereocenters. The molecule has 0 saturated carbocycles. The van der Waals surface area contributed by atoms with Crippen molar-refractivity contribution >= 4 is 10.1 Å². The van der Waals surface area contributed by atoms with Crippen LogP contribution in [0.15, 0.2) is 17.0 Å². The second-order valence-electron chi connectivity index (χ2n) is 3.58. The predicted octanol–water partition coefficient (Wildman–Crippen LogP) is 2.39. The van der Waals surface area contributed by atoms with Crippen LogP contribution in [0.2, 0.25) is 0 Å². The first-order valence-electron chi connectivity index (χ1n) is 4.63. The van der Waals surface area contributed by atoms with E-state index >= 15 is 0 Å². The normalized spacial score (nSPS) is 12.1. The highest BCUT2D eigenvalue weighted by Gasteiger charge is 2.25. The van der Waals surface area contributed by atoms with Crippen LogP contribution < -0.4 is 0 Å². The monoisotopic (exact) mass is 250 g/mol. The van der Waals surface area contributed by atoms with E-state index in [1.807, 2.05) is 0 Å². The Bertz CT molecular complexity index is 495. The number of benzene rings is 1.